The van der Waals surface area contributed by atoms with Gasteiger partial charge in [-0.05, 0) is 51.6 Å². The van der Waals surface area contributed by atoms with Crippen molar-refractivity contribution in [3.05, 3.63) is 29.8 Å². The zero-order chi connectivity index (χ0) is 15.3. The van der Waals surface area contributed by atoms with Crippen molar-refractivity contribution in [1.29, 1.82) is 0 Å². The average molecular weight is 318 g/mol. The molecule has 0 fully saturated rings. The zero-order valence-corrected chi connectivity index (χ0v) is 14.3. The molecular weight excluding hydrogens is 295 g/mol. The van der Waals surface area contributed by atoms with Crippen molar-refractivity contribution >= 4 is 19.4 Å². The lowest BCUT2D eigenvalue weighted by Crippen LogP contribution is -2.13. The molecule has 0 saturated heterocycles. The summed E-state index contributed by atoms with van der Waals surface area (Å²) in [5.41, 5.74) is 0.535. The third-order valence-electron chi connectivity index (χ3n) is 2.43. The fraction of sp³-hybridized carbons (Fsp3) is 0.571. The number of thioether (sulfide) groups is 1. The third kappa shape index (κ3) is 4.90. The van der Waals surface area contributed by atoms with E-state index >= 15 is 0 Å². The second-order valence-corrected chi connectivity index (χ2v) is 7.87. The van der Waals surface area contributed by atoms with Crippen molar-refractivity contribution in [3.63, 3.8) is 0 Å². The molecule has 4 nitrogen and oxygen atoms in total. The molecule has 20 heavy (non-hydrogen) atoms. The molecule has 1 aromatic carbocycles. The van der Waals surface area contributed by atoms with E-state index in [-0.39, 0.29) is 12.2 Å². The Morgan fingerprint density at radius 1 is 1.05 bits per heavy atom. The zero-order valence-electron chi connectivity index (χ0n) is 12.6. The lowest BCUT2D eigenvalue weighted by Gasteiger charge is -2.27. The Kier molecular flexibility index (Phi) is 6.76. The quantitative estimate of drug-likeness (QED) is 0.595. The van der Waals surface area contributed by atoms with Gasteiger partial charge < -0.3 is 14.2 Å². The molecule has 0 amide bonds. The van der Waals surface area contributed by atoms with Gasteiger partial charge in [-0.15, -0.1) is 11.8 Å². The van der Waals surface area contributed by atoms with Gasteiger partial charge in [-0.25, -0.2) is 0 Å². The molecule has 0 unspecified atom stereocenters. The molecule has 0 aliphatic rings. The number of aliphatic hydroxyl groups excluding tert-OH is 1. The molecule has 1 aromatic rings. The smallest absolute Gasteiger partial charge is 0.363 e. The summed E-state index contributed by atoms with van der Waals surface area (Å²) in [6.45, 7) is 7.06. The summed E-state index contributed by atoms with van der Waals surface area (Å²) in [6.07, 6.45) is 1.39. The maximum absolute atomic E-state index is 12.8. The summed E-state index contributed by atoms with van der Waals surface area (Å²) in [5.74, 6) is -1.27. The molecule has 0 saturated carbocycles. The Labute approximate surface area is 125 Å². The van der Waals surface area contributed by atoms with Crippen LogP contribution < -0.4 is 0 Å². The van der Waals surface area contributed by atoms with Crippen molar-refractivity contribution in [2.24, 2.45) is 0 Å². The highest BCUT2D eigenvalue weighted by molar-refractivity contribution is 7.98. The molecule has 6 heteroatoms. The molecule has 0 aliphatic heterocycles. The van der Waals surface area contributed by atoms with Crippen molar-refractivity contribution in [1.82, 2.24) is 0 Å². The van der Waals surface area contributed by atoms with Crippen LogP contribution in [-0.2, 0) is 13.6 Å². The standard InChI is InChI=1S/C14H23O4PS/c1-10(2)17-19(16,18-11(3)4)14(15)12-6-8-13(20-5)9-7-12/h6-11,14-15H,1-5H3/t14-/m0/s1. The summed E-state index contributed by atoms with van der Waals surface area (Å²) in [5, 5.41) is 10.4. The average Bonchev–Trinajstić information content (AvgIpc) is 2.36. The molecule has 1 N–H and O–H groups in total. The highest BCUT2D eigenvalue weighted by atomic mass is 32.2. The largest absolute Gasteiger partial charge is 0.376 e. The molecule has 0 aliphatic carbocycles. The fourth-order valence-electron chi connectivity index (χ4n) is 1.69. The minimum atomic E-state index is -3.62. The lowest BCUT2D eigenvalue weighted by atomic mass is 10.2. The molecule has 0 aromatic heterocycles. The number of hydrogen-bond acceptors (Lipinski definition) is 5. The van der Waals surface area contributed by atoms with Crippen LogP contribution in [0.5, 0.6) is 0 Å². The van der Waals surface area contributed by atoms with E-state index in [1.165, 1.54) is 0 Å². The maximum Gasteiger partial charge on any atom is 0.363 e. The van der Waals surface area contributed by atoms with Gasteiger partial charge in [-0.3, -0.25) is 4.57 Å². The van der Waals surface area contributed by atoms with Gasteiger partial charge in [0.05, 0.1) is 12.2 Å². The molecule has 1 rings (SSSR count). The minimum absolute atomic E-state index is 0.292. The Bertz CT molecular complexity index is 445. The van der Waals surface area contributed by atoms with Crippen LogP contribution in [0.4, 0.5) is 0 Å². The number of aliphatic hydroxyl groups is 1. The van der Waals surface area contributed by atoms with Crippen molar-refractivity contribution in [2.75, 3.05) is 6.26 Å². The van der Waals surface area contributed by atoms with Gasteiger partial charge in [0.25, 0.3) is 0 Å². The van der Waals surface area contributed by atoms with E-state index < -0.39 is 13.4 Å². The van der Waals surface area contributed by atoms with Crippen molar-refractivity contribution < 1.29 is 18.7 Å². The maximum atomic E-state index is 12.8. The predicted molar refractivity (Wildman–Crippen MR) is 83.2 cm³/mol. The fourth-order valence-corrected chi connectivity index (χ4v) is 4.09. The first-order valence-electron chi connectivity index (χ1n) is 6.57. The van der Waals surface area contributed by atoms with E-state index in [1.54, 1.807) is 51.6 Å². The van der Waals surface area contributed by atoms with Crippen LogP contribution in [0.1, 0.15) is 39.1 Å². The van der Waals surface area contributed by atoms with E-state index in [0.717, 1.165) is 4.90 Å². The van der Waals surface area contributed by atoms with Gasteiger partial charge in [0, 0.05) is 4.90 Å². The van der Waals surface area contributed by atoms with Crippen LogP contribution in [0, 0.1) is 0 Å². The first-order chi connectivity index (χ1) is 9.28. The van der Waals surface area contributed by atoms with Gasteiger partial charge in [-0.2, -0.15) is 0 Å². The first kappa shape index (κ1) is 17.7. The van der Waals surface area contributed by atoms with Crippen LogP contribution in [0.25, 0.3) is 0 Å². The van der Waals surface area contributed by atoms with Crippen molar-refractivity contribution in [3.8, 4) is 0 Å². The molecule has 0 radical (unpaired) electrons. The van der Waals surface area contributed by atoms with E-state index in [1.807, 2.05) is 18.4 Å². The Hall–Kier alpha value is -0.320. The summed E-state index contributed by atoms with van der Waals surface area (Å²) >= 11 is 1.60. The van der Waals surface area contributed by atoms with Gasteiger partial charge in [-0.1, -0.05) is 12.1 Å². The van der Waals surface area contributed by atoms with Crippen LogP contribution in [0.3, 0.4) is 0 Å². The van der Waals surface area contributed by atoms with E-state index in [2.05, 4.69) is 0 Å². The summed E-state index contributed by atoms with van der Waals surface area (Å²) in [7, 11) is -3.62. The monoisotopic (exact) mass is 318 g/mol. The second kappa shape index (κ2) is 7.62. The second-order valence-electron chi connectivity index (χ2n) is 4.99. The molecule has 0 bridgehead atoms. The lowest BCUT2D eigenvalue weighted by molar-refractivity contribution is 0.101. The van der Waals surface area contributed by atoms with Crippen LogP contribution in [0.15, 0.2) is 29.2 Å². The molecule has 114 valence electrons. The molecular formula is C14H23O4PS. The predicted octanol–water partition coefficient (Wildman–Crippen LogP) is 4.44. The van der Waals surface area contributed by atoms with Gasteiger partial charge in [0.1, 0.15) is 0 Å². The molecule has 0 spiro atoms. The summed E-state index contributed by atoms with van der Waals surface area (Å²) < 4.78 is 23.6. The Morgan fingerprint density at radius 3 is 1.85 bits per heavy atom. The van der Waals surface area contributed by atoms with E-state index in [0.29, 0.717) is 5.56 Å². The Balaban J connectivity index is 3.02. The van der Waals surface area contributed by atoms with Gasteiger partial charge >= 0.3 is 7.60 Å². The molecule has 1 atom stereocenters. The van der Waals surface area contributed by atoms with Gasteiger partial charge in [0.2, 0.25) is 0 Å². The van der Waals surface area contributed by atoms with E-state index in [4.69, 9.17) is 9.05 Å². The van der Waals surface area contributed by atoms with E-state index in [9.17, 15) is 9.67 Å². The highest BCUT2D eigenvalue weighted by Crippen LogP contribution is 2.61. The normalized spacial score (nSPS) is 14.0. The number of hydrogen-bond donors (Lipinski definition) is 1. The van der Waals surface area contributed by atoms with Crippen LogP contribution in [0.2, 0.25) is 0 Å². The van der Waals surface area contributed by atoms with Gasteiger partial charge in [0.15, 0.2) is 5.85 Å². The topological polar surface area (TPSA) is 55.8 Å². The third-order valence-corrected chi connectivity index (χ3v) is 5.50. The van der Waals surface area contributed by atoms with Crippen LogP contribution in [-0.4, -0.2) is 23.6 Å². The molecule has 0 heterocycles. The number of rotatable bonds is 7. The SMILES string of the molecule is CSc1ccc([C@@H](O)P(=O)(OC(C)C)OC(C)C)cc1. The summed E-state index contributed by atoms with van der Waals surface area (Å²) in [6, 6.07) is 7.24. The Morgan fingerprint density at radius 2 is 1.50 bits per heavy atom. The minimum Gasteiger partial charge on any atom is -0.376 e. The first-order valence-corrected chi connectivity index (χ1v) is 9.40. The highest BCUT2D eigenvalue weighted by Gasteiger charge is 2.37. The number of benzene rings is 1. The summed E-state index contributed by atoms with van der Waals surface area (Å²) in [4.78, 5) is 1.07. The van der Waals surface area contributed by atoms with Crippen LogP contribution >= 0.6 is 19.4 Å². The van der Waals surface area contributed by atoms with Crippen molar-refractivity contribution in [2.45, 2.75) is 50.6 Å².